The van der Waals surface area contributed by atoms with Crippen LogP contribution >= 0.6 is 23.1 Å². The SMILES string of the molecule is CO/N=C(\C(=O)N[C@H](C(=O)[O-])[C@@H]1NC(C(=O)[O-])CCS1)c1csc(N)n1.[Na+].[Na+]. The molecule has 0 spiro atoms. The molecular formula is C13H15N5Na2O6S2. The fraction of sp³-hybridized carbons (Fsp3) is 0.462. The van der Waals surface area contributed by atoms with E-state index in [1.807, 2.05) is 0 Å². The minimum absolute atomic E-state index is 0. The standard InChI is InChI=1S/C13H17N5O6S2.2Na/c1-24-18-7(6-4-26-13(14)16-6)9(19)17-8(12(22)23)10-15-5(11(20)21)2-3-25-10;;/h4-5,8,10,15H,2-3H2,1H3,(H2,14,16)(H,17,19)(H,20,21)(H,22,23);;/q;2*+1/p-2/b18-7-;;/t5?,8-,10+;;/m0../s1. The third-order valence-corrected chi connectivity index (χ3v) is 5.27. The van der Waals surface area contributed by atoms with E-state index in [2.05, 4.69) is 25.6 Å². The van der Waals surface area contributed by atoms with Gasteiger partial charge >= 0.3 is 59.1 Å². The number of nitrogen functional groups attached to an aromatic ring is 1. The van der Waals surface area contributed by atoms with Crippen LogP contribution < -0.4 is 85.7 Å². The number of amides is 1. The zero-order valence-electron chi connectivity index (χ0n) is 15.5. The van der Waals surface area contributed by atoms with Crippen molar-refractivity contribution in [3.05, 3.63) is 11.1 Å². The Labute approximate surface area is 212 Å². The van der Waals surface area contributed by atoms with Crippen molar-refractivity contribution in [3.63, 3.8) is 0 Å². The Morgan fingerprint density at radius 2 is 2.11 bits per heavy atom. The van der Waals surface area contributed by atoms with Gasteiger partial charge in [0.25, 0.3) is 5.91 Å². The minimum Gasteiger partial charge on any atom is -0.548 e. The van der Waals surface area contributed by atoms with Gasteiger partial charge in [0.15, 0.2) is 10.8 Å². The number of aliphatic carboxylic acids is 2. The van der Waals surface area contributed by atoms with Crippen LogP contribution in [0.15, 0.2) is 10.5 Å². The second kappa shape index (κ2) is 13.0. The molecule has 1 saturated heterocycles. The number of nitrogens with zero attached hydrogens (tertiary/aromatic N) is 2. The zero-order chi connectivity index (χ0) is 19.3. The Morgan fingerprint density at radius 1 is 1.43 bits per heavy atom. The maximum absolute atomic E-state index is 12.5. The number of carboxylic acids is 2. The second-order valence-corrected chi connectivity index (χ2v) is 7.22. The van der Waals surface area contributed by atoms with Gasteiger partial charge in [-0.2, -0.15) is 0 Å². The molecule has 1 aromatic rings. The molecule has 28 heavy (non-hydrogen) atoms. The van der Waals surface area contributed by atoms with Crippen LogP contribution in [0.3, 0.4) is 0 Å². The van der Waals surface area contributed by atoms with E-state index in [0.717, 1.165) is 23.1 Å². The van der Waals surface area contributed by atoms with Crippen LogP contribution in [-0.2, 0) is 19.2 Å². The number of anilines is 1. The van der Waals surface area contributed by atoms with Crippen molar-refractivity contribution in [2.45, 2.75) is 23.9 Å². The molecule has 2 heterocycles. The molecule has 1 aromatic heterocycles. The molecule has 1 aliphatic heterocycles. The largest absolute Gasteiger partial charge is 1.00 e. The number of rotatable bonds is 7. The van der Waals surface area contributed by atoms with E-state index >= 15 is 0 Å². The Bertz CT molecular complexity index is 734. The Balaban J connectivity index is 0.00000364. The monoisotopic (exact) mass is 447 g/mol. The summed E-state index contributed by atoms with van der Waals surface area (Å²) in [6.07, 6.45) is 0.270. The summed E-state index contributed by atoms with van der Waals surface area (Å²) in [6, 6.07) is -2.54. The molecule has 0 radical (unpaired) electrons. The van der Waals surface area contributed by atoms with E-state index < -0.39 is 35.3 Å². The summed E-state index contributed by atoms with van der Waals surface area (Å²) in [5.41, 5.74) is 5.36. The van der Waals surface area contributed by atoms with Crippen LogP contribution in [0, 0.1) is 0 Å². The number of thiazole rings is 1. The van der Waals surface area contributed by atoms with Crippen LogP contribution in [0.2, 0.25) is 0 Å². The number of carbonyl (C=O) groups is 3. The first-order chi connectivity index (χ1) is 12.3. The first-order valence-electron chi connectivity index (χ1n) is 7.26. The van der Waals surface area contributed by atoms with Crippen molar-refractivity contribution < 1.29 is 88.5 Å². The minimum atomic E-state index is -1.59. The fourth-order valence-corrected chi connectivity index (χ4v) is 3.99. The maximum atomic E-state index is 12.5. The number of nitrogens with two attached hydrogens (primary N) is 1. The molecule has 0 aromatic carbocycles. The van der Waals surface area contributed by atoms with Gasteiger partial charge in [-0.25, -0.2) is 4.98 Å². The molecule has 1 unspecified atom stereocenters. The number of aromatic nitrogens is 1. The Hall–Kier alpha value is -0.380. The van der Waals surface area contributed by atoms with Gasteiger partial charge in [-0.1, -0.05) is 5.16 Å². The summed E-state index contributed by atoms with van der Waals surface area (Å²) in [5.74, 6) is -3.45. The molecule has 0 bridgehead atoms. The number of carboxylic acid groups (broad SMARTS) is 2. The van der Waals surface area contributed by atoms with Gasteiger partial charge in [0, 0.05) is 11.4 Å². The average Bonchev–Trinajstić information content (AvgIpc) is 3.03. The summed E-state index contributed by atoms with van der Waals surface area (Å²) in [4.78, 5) is 43.5. The molecule has 2 rings (SSSR count). The first kappa shape index (κ1) is 27.6. The van der Waals surface area contributed by atoms with Crippen molar-refractivity contribution in [1.29, 1.82) is 0 Å². The van der Waals surface area contributed by atoms with Crippen molar-refractivity contribution in [1.82, 2.24) is 15.6 Å². The van der Waals surface area contributed by atoms with Gasteiger partial charge in [0.05, 0.1) is 23.4 Å². The average molecular weight is 447 g/mol. The van der Waals surface area contributed by atoms with E-state index in [4.69, 9.17) is 5.73 Å². The number of nitrogens with one attached hydrogen (secondary N) is 2. The Kier molecular flexibility index (Phi) is 12.9. The third-order valence-electron chi connectivity index (χ3n) is 3.36. The first-order valence-corrected chi connectivity index (χ1v) is 9.19. The van der Waals surface area contributed by atoms with Crippen LogP contribution in [0.4, 0.5) is 5.13 Å². The third kappa shape index (κ3) is 7.46. The van der Waals surface area contributed by atoms with E-state index in [9.17, 15) is 24.6 Å². The van der Waals surface area contributed by atoms with Gasteiger partial charge in [0.2, 0.25) is 0 Å². The normalized spacial score (nSPS) is 20.1. The van der Waals surface area contributed by atoms with Crippen molar-refractivity contribution >= 4 is 51.8 Å². The van der Waals surface area contributed by atoms with Crippen molar-refractivity contribution in [2.75, 3.05) is 18.6 Å². The zero-order valence-corrected chi connectivity index (χ0v) is 21.1. The van der Waals surface area contributed by atoms with Crippen LogP contribution in [0.1, 0.15) is 12.1 Å². The van der Waals surface area contributed by atoms with E-state index in [0.29, 0.717) is 5.75 Å². The molecule has 15 heteroatoms. The van der Waals surface area contributed by atoms with Crippen LogP contribution in [0.25, 0.3) is 0 Å². The fourth-order valence-electron chi connectivity index (χ4n) is 2.18. The molecule has 142 valence electrons. The summed E-state index contributed by atoms with van der Waals surface area (Å²) in [7, 11) is 1.21. The quantitative estimate of drug-likeness (QED) is 0.206. The predicted molar refractivity (Wildman–Crippen MR) is 89.8 cm³/mol. The smallest absolute Gasteiger partial charge is 0.548 e. The van der Waals surface area contributed by atoms with Gasteiger partial charge in [-0.15, -0.1) is 23.1 Å². The van der Waals surface area contributed by atoms with Gasteiger partial charge < -0.3 is 35.7 Å². The summed E-state index contributed by atoms with van der Waals surface area (Å²) >= 11 is 2.21. The molecular weight excluding hydrogens is 432 g/mol. The van der Waals surface area contributed by atoms with Gasteiger partial charge in [-0.3, -0.25) is 10.1 Å². The van der Waals surface area contributed by atoms with E-state index in [1.54, 1.807) is 0 Å². The molecule has 11 nitrogen and oxygen atoms in total. The summed E-state index contributed by atoms with van der Waals surface area (Å²) in [6.45, 7) is 0. The molecule has 0 saturated carbocycles. The van der Waals surface area contributed by atoms with E-state index in [-0.39, 0.29) is 82.1 Å². The molecule has 1 amide bonds. The van der Waals surface area contributed by atoms with Gasteiger partial charge in [-0.05, 0) is 12.2 Å². The van der Waals surface area contributed by atoms with Crippen molar-refractivity contribution in [2.24, 2.45) is 5.16 Å². The molecule has 4 N–H and O–H groups in total. The number of hydrogen-bond acceptors (Lipinski definition) is 12. The number of hydrogen-bond donors (Lipinski definition) is 3. The molecule has 1 aliphatic rings. The van der Waals surface area contributed by atoms with Crippen molar-refractivity contribution in [3.8, 4) is 0 Å². The summed E-state index contributed by atoms with van der Waals surface area (Å²) in [5, 5.41) is 31.6. The number of carbonyl (C=O) groups excluding carboxylic acids is 3. The molecule has 1 fully saturated rings. The summed E-state index contributed by atoms with van der Waals surface area (Å²) < 4.78 is 0. The topological polar surface area (TPSA) is 182 Å². The Morgan fingerprint density at radius 3 is 2.61 bits per heavy atom. The van der Waals surface area contributed by atoms with E-state index in [1.165, 1.54) is 12.5 Å². The number of thioether (sulfide) groups is 1. The molecule has 3 atom stereocenters. The maximum Gasteiger partial charge on any atom is 1.00 e. The van der Waals surface area contributed by atoms with Crippen LogP contribution in [0.5, 0.6) is 0 Å². The van der Waals surface area contributed by atoms with Gasteiger partial charge in [0.1, 0.15) is 12.8 Å². The predicted octanol–water partition coefficient (Wildman–Crippen LogP) is -9.51. The van der Waals surface area contributed by atoms with Crippen LogP contribution in [-0.4, -0.2) is 58.9 Å². The second-order valence-electron chi connectivity index (χ2n) is 5.08. The number of oxime groups is 1. The molecule has 0 aliphatic carbocycles.